The third-order valence-electron chi connectivity index (χ3n) is 3.22. The summed E-state index contributed by atoms with van der Waals surface area (Å²) in [5.74, 6) is 0.436. The van der Waals surface area contributed by atoms with Crippen LogP contribution in [-0.2, 0) is 24.1 Å². The van der Waals surface area contributed by atoms with Crippen LogP contribution in [0.1, 0.15) is 29.5 Å². The summed E-state index contributed by atoms with van der Waals surface area (Å²) in [5, 5.41) is 2.88. The third-order valence-corrected chi connectivity index (χ3v) is 3.41. The minimum absolute atomic E-state index is 0.0427. The zero-order chi connectivity index (χ0) is 12.1. The predicted molar refractivity (Wildman–Crippen MR) is 70.5 cm³/mol. The standard InChI is InChI=1S/C14H18ClNO/c15-8-6-14(17)16-9-7-11-4-5-12-2-1-3-13(12)10-11/h4-5,10H,1-3,6-9H2,(H,16,17). The van der Waals surface area contributed by atoms with E-state index in [4.69, 9.17) is 11.6 Å². The Labute approximate surface area is 107 Å². The van der Waals surface area contributed by atoms with Gasteiger partial charge in [-0.25, -0.2) is 0 Å². The van der Waals surface area contributed by atoms with Gasteiger partial charge < -0.3 is 5.32 Å². The van der Waals surface area contributed by atoms with Gasteiger partial charge in [0.1, 0.15) is 0 Å². The Morgan fingerprint density at radius 3 is 2.94 bits per heavy atom. The van der Waals surface area contributed by atoms with Gasteiger partial charge in [-0.2, -0.15) is 0 Å². The third kappa shape index (κ3) is 3.47. The molecular formula is C14H18ClNO. The zero-order valence-electron chi connectivity index (χ0n) is 9.97. The normalized spacial score (nSPS) is 13.5. The first-order valence-corrected chi connectivity index (χ1v) is 6.76. The van der Waals surface area contributed by atoms with E-state index < -0.39 is 0 Å². The Balaban J connectivity index is 1.81. The molecule has 0 atom stereocenters. The summed E-state index contributed by atoms with van der Waals surface area (Å²) in [6, 6.07) is 6.70. The summed E-state index contributed by atoms with van der Waals surface area (Å²) in [4.78, 5) is 11.2. The molecule has 0 heterocycles. The maximum atomic E-state index is 11.2. The molecule has 3 heteroatoms. The first-order chi connectivity index (χ1) is 8.29. The molecule has 0 aromatic heterocycles. The number of carbonyl (C=O) groups is 1. The minimum atomic E-state index is 0.0427. The number of hydrogen-bond acceptors (Lipinski definition) is 1. The van der Waals surface area contributed by atoms with Gasteiger partial charge in [-0.05, 0) is 42.4 Å². The van der Waals surface area contributed by atoms with Crippen molar-refractivity contribution in [2.75, 3.05) is 12.4 Å². The molecule has 92 valence electrons. The van der Waals surface area contributed by atoms with Crippen molar-refractivity contribution in [2.45, 2.75) is 32.1 Å². The van der Waals surface area contributed by atoms with Crippen LogP contribution in [0, 0.1) is 0 Å². The molecule has 1 N–H and O–H groups in total. The molecule has 0 radical (unpaired) electrons. The number of benzene rings is 1. The number of carbonyl (C=O) groups excluding carboxylic acids is 1. The smallest absolute Gasteiger partial charge is 0.221 e. The zero-order valence-corrected chi connectivity index (χ0v) is 10.7. The molecule has 17 heavy (non-hydrogen) atoms. The highest BCUT2D eigenvalue weighted by molar-refractivity contribution is 6.18. The van der Waals surface area contributed by atoms with Crippen molar-refractivity contribution < 1.29 is 4.79 Å². The molecule has 1 aromatic rings. The van der Waals surface area contributed by atoms with Crippen LogP contribution in [0.15, 0.2) is 18.2 Å². The summed E-state index contributed by atoms with van der Waals surface area (Å²) < 4.78 is 0. The first kappa shape index (κ1) is 12.4. The lowest BCUT2D eigenvalue weighted by Crippen LogP contribution is -2.25. The van der Waals surface area contributed by atoms with E-state index >= 15 is 0 Å². The van der Waals surface area contributed by atoms with Crippen LogP contribution in [0.3, 0.4) is 0 Å². The Morgan fingerprint density at radius 2 is 2.12 bits per heavy atom. The van der Waals surface area contributed by atoms with E-state index in [2.05, 4.69) is 23.5 Å². The molecule has 0 saturated carbocycles. The Morgan fingerprint density at radius 1 is 1.29 bits per heavy atom. The SMILES string of the molecule is O=C(CCCl)NCCc1ccc2c(c1)CCC2. The highest BCUT2D eigenvalue weighted by atomic mass is 35.5. The second-order valence-corrected chi connectivity index (χ2v) is 4.87. The molecule has 1 amide bonds. The van der Waals surface area contributed by atoms with Crippen LogP contribution in [0.5, 0.6) is 0 Å². The Bertz CT molecular complexity index is 403. The van der Waals surface area contributed by atoms with E-state index in [1.807, 2.05) is 0 Å². The number of aryl methyl sites for hydroxylation is 2. The van der Waals surface area contributed by atoms with Gasteiger partial charge >= 0.3 is 0 Å². The molecular weight excluding hydrogens is 234 g/mol. The lowest BCUT2D eigenvalue weighted by molar-refractivity contribution is -0.120. The van der Waals surface area contributed by atoms with Gasteiger partial charge in [-0.3, -0.25) is 4.79 Å². The highest BCUT2D eigenvalue weighted by Crippen LogP contribution is 2.22. The van der Waals surface area contributed by atoms with Crippen molar-refractivity contribution in [2.24, 2.45) is 0 Å². The van der Waals surface area contributed by atoms with Gasteiger partial charge in [0.2, 0.25) is 5.91 Å². The number of halogens is 1. The van der Waals surface area contributed by atoms with Gasteiger partial charge in [0.25, 0.3) is 0 Å². The topological polar surface area (TPSA) is 29.1 Å². The molecule has 1 aliphatic carbocycles. The summed E-state index contributed by atoms with van der Waals surface area (Å²) in [5.41, 5.74) is 4.31. The van der Waals surface area contributed by atoms with Crippen molar-refractivity contribution in [3.8, 4) is 0 Å². The van der Waals surface area contributed by atoms with Gasteiger partial charge in [0.05, 0.1) is 0 Å². The molecule has 2 rings (SSSR count). The van der Waals surface area contributed by atoms with Crippen LogP contribution in [-0.4, -0.2) is 18.3 Å². The number of hydrogen-bond donors (Lipinski definition) is 1. The average molecular weight is 252 g/mol. The van der Waals surface area contributed by atoms with Crippen molar-refractivity contribution in [1.29, 1.82) is 0 Å². The van der Waals surface area contributed by atoms with Crippen molar-refractivity contribution in [3.05, 3.63) is 34.9 Å². The van der Waals surface area contributed by atoms with E-state index in [9.17, 15) is 4.79 Å². The number of nitrogens with one attached hydrogen (secondary N) is 1. The van der Waals surface area contributed by atoms with Gasteiger partial charge in [0.15, 0.2) is 0 Å². The number of rotatable bonds is 5. The lowest BCUT2D eigenvalue weighted by atomic mass is 10.0. The van der Waals surface area contributed by atoms with E-state index in [0.717, 1.165) is 6.42 Å². The first-order valence-electron chi connectivity index (χ1n) is 6.23. The van der Waals surface area contributed by atoms with E-state index in [0.29, 0.717) is 18.8 Å². The summed E-state index contributed by atoms with van der Waals surface area (Å²) in [7, 11) is 0. The van der Waals surface area contributed by atoms with Gasteiger partial charge in [-0.1, -0.05) is 18.2 Å². The van der Waals surface area contributed by atoms with Crippen molar-refractivity contribution in [3.63, 3.8) is 0 Å². The second kappa shape index (κ2) is 6.06. The Kier molecular flexibility index (Phi) is 4.43. The fraction of sp³-hybridized carbons (Fsp3) is 0.500. The molecule has 0 aliphatic heterocycles. The van der Waals surface area contributed by atoms with Gasteiger partial charge in [-0.15, -0.1) is 11.6 Å². The molecule has 0 bridgehead atoms. The number of fused-ring (bicyclic) bond motifs is 1. The number of alkyl halides is 1. The lowest BCUT2D eigenvalue weighted by Gasteiger charge is -2.06. The average Bonchev–Trinajstić information content (AvgIpc) is 2.76. The molecule has 1 aliphatic rings. The van der Waals surface area contributed by atoms with Crippen molar-refractivity contribution >= 4 is 17.5 Å². The predicted octanol–water partition coefficient (Wildman–Crippen LogP) is 2.46. The van der Waals surface area contributed by atoms with E-state index in [1.54, 1.807) is 0 Å². The van der Waals surface area contributed by atoms with E-state index in [-0.39, 0.29) is 5.91 Å². The maximum Gasteiger partial charge on any atom is 0.221 e. The largest absolute Gasteiger partial charge is 0.356 e. The second-order valence-electron chi connectivity index (χ2n) is 4.50. The molecule has 1 aromatic carbocycles. The summed E-state index contributed by atoms with van der Waals surface area (Å²) in [6.07, 6.45) is 5.03. The van der Waals surface area contributed by atoms with Crippen LogP contribution >= 0.6 is 11.6 Å². The minimum Gasteiger partial charge on any atom is -0.356 e. The summed E-state index contributed by atoms with van der Waals surface area (Å²) >= 11 is 5.50. The molecule has 0 saturated heterocycles. The Hall–Kier alpha value is -1.02. The molecule has 0 spiro atoms. The fourth-order valence-corrected chi connectivity index (χ4v) is 2.47. The maximum absolute atomic E-state index is 11.2. The highest BCUT2D eigenvalue weighted by Gasteiger charge is 2.10. The number of amides is 1. The fourth-order valence-electron chi connectivity index (χ4n) is 2.30. The monoisotopic (exact) mass is 251 g/mol. The van der Waals surface area contributed by atoms with Crippen molar-refractivity contribution in [1.82, 2.24) is 5.32 Å². The summed E-state index contributed by atoms with van der Waals surface area (Å²) in [6.45, 7) is 0.703. The molecule has 0 unspecified atom stereocenters. The molecule has 0 fully saturated rings. The van der Waals surface area contributed by atoms with E-state index in [1.165, 1.54) is 36.0 Å². The quantitative estimate of drug-likeness (QED) is 0.801. The van der Waals surface area contributed by atoms with Gasteiger partial charge in [0, 0.05) is 18.8 Å². The van der Waals surface area contributed by atoms with Crippen LogP contribution in [0.4, 0.5) is 0 Å². The molecule has 2 nitrogen and oxygen atoms in total. The van der Waals surface area contributed by atoms with Crippen LogP contribution < -0.4 is 5.32 Å². The van der Waals surface area contributed by atoms with Crippen LogP contribution in [0.2, 0.25) is 0 Å². The van der Waals surface area contributed by atoms with Crippen LogP contribution in [0.25, 0.3) is 0 Å².